The molecule has 0 spiro atoms. The minimum atomic E-state index is -2.83. The highest BCUT2D eigenvalue weighted by Crippen LogP contribution is 2.17. The molecule has 82 valence electrons. The molecule has 0 aliphatic heterocycles. The molecule has 0 unspecified atom stereocenters. The van der Waals surface area contributed by atoms with Crippen LogP contribution in [0.15, 0.2) is 18.2 Å². The Morgan fingerprint density at radius 3 is 2.60 bits per heavy atom. The fraction of sp³-hybridized carbons (Fsp3) is 0.250. The van der Waals surface area contributed by atoms with Crippen LogP contribution in [-0.4, -0.2) is 15.4 Å². The lowest BCUT2D eigenvalue weighted by molar-refractivity contribution is -0.385. The summed E-state index contributed by atoms with van der Waals surface area (Å²) in [5.41, 5.74) is -0.196. The van der Waals surface area contributed by atoms with Gasteiger partial charge in [-0.15, -0.1) is 0 Å². The zero-order chi connectivity index (χ0) is 11.6. The molecule has 0 heterocycles. The van der Waals surface area contributed by atoms with Crippen LogP contribution in [0.2, 0.25) is 0 Å². The number of nitrogens with one attached hydrogen (secondary N) is 1. The molecule has 0 saturated heterocycles. The molecule has 0 aliphatic rings. The molecule has 7 heteroatoms. The van der Waals surface area contributed by atoms with Crippen molar-refractivity contribution in [2.24, 2.45) is 0 Å². The van der Waals surface area contributed by atoms with Crippen LogP contribution in [0.3, 0.4) is 0 Å². The van der Waals surface area contributed by atoms with Crippen molar-refractivity contribution in [3.63, 3.8) is 0 Å². The molecular weight excluding hydrogens is 223 g/mol. The summed E-state index contributed by atoms with van der Waals surface area (Å²) in [6.07, 6.45) is 1.20. The van der Waals surface area contributed by atoms with E-state index in [0.29, 0.717) is 0 Å². The maximum atomic E-state index is 12.9. The van der Waals surface area contributed by atoms with Crippen LogP contribution < -0.4 is 0 Å². The standard InChI is InChI=1S/C8H9FN2O3S/c1-15(10,14)5-6-2-7(9)4-8(3-6)11(12)13/h2-4,10H,5H2,1H3/t15-/m0/s1. The first-order valence-electron chi connectivity index (χ1n) is 3.93. The van der Waals surface area contributed by atoms with E-state index in [1.54, 1.807) is 0 Å². The van der Waals surface area contributed by atoms with Crippen LogP contribution in [0.5, 0.6) is 0 Å². The summed E-state index contributed by atoms with van der Waals surface area (Å²) < 4.78 is 31.2. The molecule has 1 atom stereocenters. The molecule has 0 aliphatic carbocycles. The number of benzene rings is 1. The van der Waals surface area contributed by atoms with Gasteiger partial charge in [0.15, 0.2) is 0 Å². The molecular formula is C8H9FN2O3S. The number of nitrogens with zero attached hydrogens (tertiary/aromatic N) is 1. The van der Waals surface area contributed by atoms with E-state index in [1.165, 1.54) is 6.26 Å². The predicted molar refractivity (Wildman–Crippen MR) is 53.5 cm³/mol. The molecule has 0 bridgehead atoms. The van der Waals surface area contributed by atoms with Gasteiger partial charge in [0.05, 0.1) is 16.7 Å². The Kier molecular flexibility index (Phi) is 3.04. The summed E-state index contributed by atoms with van der Waals surface area (Å²) in [6.45, 7) is 0. The van der Waals surface area contributed by atoms with Gasteiger partial charge in [-0.25, -0.2) is 8.60 Å². The average molecular weight is 232 g/mol. The molecule has 0 saturated carbocycles. The van der Waals surface area contributed by atoms with Gasteiger partial charge in [-0.1, -0.05) is 0 Å². The van der Waals surface area contributed by atoms with Gasteiger partial charge in [-0.2, -0.15) is 0 Å². The minimum Gasteiger partial charge on any atom is -0.258 e. The highest BCUT2D eigenvalue weighted by atomic mass is 32.2. The normalized spacial score (nSPS) is 14.5. The Morgan fingerprint density at radius 1 is 1.53 bits per heavy atom. The highest BCUT2D eigenvalue weighted by Gasteiger charge is 2.11. The van der Waals surface area contributed by atoms with Crippen LogP contribution in [0, 0.1) is 20.7 Å². The van der Waals surface area contributed by atoms with Crippen molar-refractivity contribution in [3.8, 4) is 0 Å². The Hall–Kier alpha value is -1.50. The van der Waals surface area contributed by atoms with Crippen LogP contribution in [0.1, 0.15) is 5.56 Å². The summed E-state index contributed by atoms with van der Waals surface area (Å²) in [5.74, 6) is -0.950. The monoisotopic (exact) mass is 232 g/mol. The van der Waals surface area contributed by atoms with Crippen molar-refractivity contribution in [2.75, 3.05) is 6.26 Å². The van der Waals surface area contributed by atoms with Gasteiger partial charge in [0.1, 0.15) is 5.82 Å². The molecule has 15 heavy (non-hydrogen) atoms. The first-order valence-corrected chi connectivity index (χ1v) is 6.07. The second-order valence-electron chi connectivity index (χ2n) is 3.22. The average Bonchev–Trinajstić information content (AvgIpc) is 1.99. The third-order valence-corrected chi connectivity index (χ3v) is 2.48. The molecule has 0 amide bonds. The van der Waals surface area contributed by atoms with Gasteiger partial charge in [0.2, 0.25) is 0 Å². The van der Waals surface area contributed by atoms with E-state index in [9.17, 15) is 18.7 Å². The fourth-order valence-electron chi connectivity index (χ4n) is 1.14. The Balaban J connectivity index is 3.15. The summed E-state index contributed by atoms with van der Waals surface area (Å²) >= 11 is 0. The van der Waals surface area contributed by atoms with Crippen LogP contribution >= 0.6 is 0 Å². The third-order valence-electron chi connectivity index (χ3n) is 1.60. The zero-order valence-electron chi connectivity index (χ0n) is 7.90. The van der Waals surface area contributed by atoms with E-state index < -0.39 is 26.2 Å². The van der Waals surface area contributed by atoms with Gasteiger partial charge in [-0.3, -0.25) is 14.9 Å². The minimum absolute atomic E-state index is 0.189. The smallest absolute Gasteiger partial charge is 0.258 e. The summed E-state index contributed by atoms with van der Waals surface area (Å²) in [5, 5.41) is 10.4. The lowest BCUT2D eigenvalue weighted by Gasteiger charge is -2.01. The van der Waals surface area contributed by atoms with Gasteiger partial charge in [-0.05, 0) is 11.6 Å². The van der Waals surface area contributed by atoms with Crippen LogP contribution in [0.25, 0.3) is 0 Å². The highest BCUT2D eigenvalue weighted by molar-refractivity contribution is 7.90. The number of nitro groups is 1. The molecule has 1 aromatic carbocycles. The second kappa shape index (κ2) is 3.93. The Labute approximate surface area is 86.0 Å². The van der Waals surface area contributed by atoms with Crippen molar-refractivity contribution in [1.29, 1.82) is 4.78 Å². The molecule has 1 aromatic rings. The number of halogens is 1. The first-order chi connectivity index (χ1) is 6.78. The second-order valence-corrected chi connectivity index (χ2v) is 5.52. The van der Waals surface area contributed by atoms with Crippen molar-refractivity contribution in [2.45, 2.75) is 5.75 Å². The maximum absolute atomic E-state index is 12.9. The topological polar surface area (TPSA) is 84.1 Å². The maximum Gasteiger partial charge on any atom is 0.272 e. The quantitative estimate of drug-likeness (QED) is 0.638. The molecule has 0 radical (unpaired) electrons. The van der Waals surface area contributed by atoms with Crippen molar-refractivity contribution in [1.82, 2.24) is 0 Å². The molecule has 1 N–H and O–H groups in total. The van der Waals surface area contributed by atoms with Crippen molar-refractivity contribution < 1.29 is 13.5 Å². The van der Waals surface area contributed by atoms with Crippen molar-refractivity contribution >= 4 is 15.4 Å². The first kappa shape index (κ1) is 11.6. The molecule has 5 nitrogen and oxygen atoms in total. The number of nitro benzene ring substituents is 1. The third kappa shape index (κ3) is 3.62. The van der Waals surface area contributed by atoms with Gasteiger partial charge < -0.3 is 0 Å². The van der Waals surface area contributed by atoms with Crippen LogP contribution in [0.4, 0.5) is 10.1 Å². The largest absolute Gasteiger partial charge is 0.272 e. The van der Waals surface area contributed by atoms with Crippen LogP contribution in [-0.2, 0) is 15.5 Å². The van der Waals surface area contributed by atoms with E-state index >= 15 is 0 Å². The number of hydrogen-bond donors (Lipinski definition) is 1. The molecule has 1 rings (SSSR count). The van der Waals surface area contributed by atoms with Crippen molar-refractivity contribution in [3.05, 3.63) is 39.7 Å². The lowest BCUT2D eigenvalue weighted by Crippen LogP contribution is -2.00. The van der Waals surface area contributed by atoms with Gasteiger partial charge >= 0.3 is 0 Å². The van der Waals surface area contributed by atoms with E-state index in [0.717, 1.165) is 18.2 Å². The zero-order valence-corrected chi connectivity index (χ0v) is 8.71. The van der Waals surface area contributed by atoms with Gasteiger partial charge in [0.25, 0.3) is 5.69 Å². The number of non-ortho nitro benzene ring substituents is 1. The lowest BCUT2D eigenvalue weighted by atomic mass is 10.2. The summed E-state index contributed by atoms with van der Waals surface area (Å²) in [7, 11) is -2.83. The number of rotatable bonds is 3. The van der Waals surface area contributed by atoms with E-state index in [4.69, 9.17) is 4.78 Å². The fourth-order valence-corrected chi connectivity index (χ4v) is 1.94. The number of hydrogen-bond acceptors (Lipinski definition) is 4. The molecule has 0 fully saturated rings. The summed E-state index contributed by atoms with van der Waals surface area (Å²) in [4.78, 5) is 9.66. The summed E-state index contributed by atoms with van der Waals surface area (Å²) in [6, 6.07) is 2.95. The van der Waals surface area contributed by atoms with Gasteiger partial charge in [0, 0.05) is 22.1 Å². The van der Waals surface area contributed by atoms with E-state index in [2.05, 4.69) is 0 Å². The van der Waals surface area contributed by atoms with E-state index in [-0.39, 0.29) is 11.3 Å². The molecule has 0 aromatic heterocycles. The van der Waals surface area contributed by atoms with E-state index in [1.807, 2.05) is 0 Å². The SMILES string of the molecule is C[S@](=N)(=O)Cc1cc(F)cc([N+](=O)[O-])c1. The Bertz CT molecular complexity index is 499. The Morgan fingerprint density at radius 2 is 2.13 bits per heavy atom. The predicted octanol–water partition coefficient (Wildman–Crippen LogP) is 1.91.